The summed E-state index contributed by atoms with van der Waals surface area (Å²) in [5, 5.41) is 0. The highest BCUT2D eigenvalue weighted by Crippen LogP contribution is 2.40. The van der Waals surface area contributed by atoms with Gasteiger partial charge in [-0.2, -0.15) is 0 Å². The van der Waals surface area contributed by atoms with Crippen LogP contribution in [0.1, 0.15) is 30.4 Å². The zero-order valence-corrected chi connectivity index (χ0v) is 8.94. The van der Waals surface area contributed by atoms with Crippen LogP contribution in [0.4, 0.5) is 0 Å². The predicted octanol–water partition coefficient (Wildman–Crippen LogP) is 1.95. The molecular weight excluding hydrogens is 186 g/mol. The Morgan fingerprint density at radius 1 is 1.40 bits per heavy atom. The van der Waals surface area contributed by atoms with E-state index in [0.717, 1.165) is 19.4 Å². The first kappa shape index (κ1) is 8.96. The van der Waals surface area contributed by atoms with E-state index in [0.29, 0.717) is 12.0 Å². The highest BCUT2D eigenvalue weighted by Gasteiger charge is 2.38. The van der Waals surface area contributed by atoms with Gasteiger partial charge in [0.25, 0.3) is 0 Å². The number of carbonyl (C=O) groups is 1. The number of carbonyl (C=O) groups excluding carboxylic acids is 1. The fraction of sp³-hybridized carbons (Fsp3) is 0.462. The second-order valence-electron chi connectivity index (χ2n) is 4.66. The van der Waals surface area contributed by atoms with Crippen molar-refractivity contribution in [3.8, 4) is 0 Å². The quantitative estimate of drug-likeness (QED) is 0.628. The fourth-order valence-electron chi connectivity index (χ4n) is 3.09. The SMILES string of the molecule is CC(=O)N1CC2CC1Cc1ccccc12. The summed E-state index contributed by atoms with van der Waals surface area (Å²) in [7, 11) is 0. The number of fused-ring (bicyclic) bond motifs is 4. The van der Waals surface area contributed by atoms with Crippen LogP contribution in [0.3, 0.4) is 0 Å². The van der Waals surface area contributed by atoms with E-state index in [1.165, 1.54) is 11.1 Å². The molecule has 15 heavy (non-hydrogen) atoms. The molecule has 78 valence electrons. The molecule has 1 aliphatic carbocycles. The molecule has 0 N–H and O–H groups in total. The predicted molar refractivity (Wildman–Crippen MR) is 58.7 cm³/mol. The molecular formula is C13H15NO. The molecule has 2 bridgehead atoms. The number of rotatable bonds is 0. The van der Waals surface area contributed by atoms with Gasteiger partial charge in [-0.05, 0) is 24.0 Å². The minimum absolute atomic E-state index is 0.232. The third-order valence-electron chi connectivity index (χ3n) is 3.77. The van der Waals surface area contributed by atoms with E-state index in [9.17, 15) is 4.79 Å². The van der Waals surface area contributed by atoms with Crippen molar-refractivity contribution in [2.45, 2.75) is 31.7 Å². The Balaban J connectivity index is 1.99. The smallest absolute Gasteiger partial charge is 0.219 e. The number of amides is 1. The van der Waals surface area contributed by atoms with Crippen LogP contribution in [0, 0.1) is 0 Å². The topological polar surface area (TPSA) is 20.3 Å². The molecule has 2 nitrogen and oxygen atoms in total. The first-order chi connectivity index (χ1) is 7.25. The van der Waals surface area contributed by atoms with Gasteiger partial charge in [-0.25, -0.2) is 0 Å². The Morgan fingerprint density at radius 3 is 3.00 bits per heavy atom. The summed E-state index contributed by atoms with van der Waals surface area (Å²) in [5.74, 6) is 0.819. The number of benzene rings is 1. The highest BCUT2D eigenvalue weighted by molar-refractivity contribution is 5.74. The highest BCUT2D eigenvalue weighted by atomic mass is 16.2. The molecule has 1 fully saturated rings. The lowest BCUT2D eigenvalue weighted by atomic mass is 9.84. The summed E-state index contributed by atoms with van der Waals surface area (Å²) in [6.07, 6.45) is 2.21. The van der Waals surface area contributed by atoms with Crippen LogP contribution < -0.4 is 0 Å². The second kappa shape index (κ2) is 3.09. The van der Waals surface area contributed by atoms with Gasteiger partial charge in [-0.1, -0.05) is 24.3 Å². The van der Waals surface area contributed by atoms with Crippen molar-refractivity contribution in [2.75, 3.05) is 6.54 Å². The van der Waals surface area contributed by atoms with Crippen LogP contribution in [0.2, 0.25) is 0 Å². The van der Waals surface area contributed by atoms with Gasteiger partial charge in [0, 0.05) is 25.4 Å². The third-order valence-corrected chi connectivity index (χ3v) is 3.77. The van der Waals surface area contributed by atoms with E-state index in [4.69, 9.17) is 0 Å². The van der Waals surface area contributed by atoms with Gasteiger partial charge in [0.1, 0.15) is 0 Å². The molecule has 3 rings (SSSR count). The maximum Gasteiger partial charge on any atom is 0.219 e. The van der Waals surface area contributed by atoms with E-state index < -0.39 is 0 Å². The van der Waals surface area contributed by atoms with Crippen molar-refractivity contribution in [1.82, 2.24) is 4.90 Å². The van der Waals surface area contributed by atoms with Crippen LogP contribution in [-0.4, -0.2) is 23.4 Å². The Labute approximate surface area is 89.9 Å². The van der Waals surface area contributed by atoms with Crippen LogP contribution in [-0.2, 0) is 11.2 Å². The van der Waals surface area contributed by atoms with Crippen LogP contribution in [0.25, 0.3) is 0 Å². The lowest BCUT2D eigenvalue weighted by molar-refractivity contribution is -0.129. The summed E-state index contributed by atoms with van der Waals surface area (Å²) in [6, 6.07) is 9.09. The Morgan fingerprint density at radius 2 is 2.20 bits per heavy atom. The maximum atomic E-state index is 11.5. The molecule has 0 saturated carbocycles. The molecule has 0 spiro atoms. The molecule has 2 atom stereocenters. The van der Waals surface area contributed by atoms with Crippen LogP contribution in [0.15, 0.2) is 24.3 Å². The lowest BCUT2D eigenvalue weighted by Crippen LogP contribution is -2.34. The summed E-state index contributed by atoms with van der Waals surface area (Å²) < 4.78 is 0. The Bertz CT molecular complexity index is 413. The molecule has 2 unspecified atom stereocenters. The van der Waals surface area contributed by atoms with Gasteiger partial charge in [-0.3, -0.25) is 4.79 Å². The monoisotopic (exact) mass is 201 g/mol. The standard InChI is InChI=1S/C13H15NO/c1-9(15)14-8-11-7-12(14)6-10-4-2-3-5-13(10)11/h2-5,11-12H,6-8H2,1H3. The summed E-state index contributed by atoms with van der Waals surface area (Å²) in [5.41, 5.74) is 2.92. The molecule has 2 aliphatic rings. The Kier molecular flexibility index (Phi) is 1.84. The normalized spacial score (nSPS) is 27.7. The van der Waals surface area contributed by atoms with Gasteiger partial charge >= 0.3 is 0 Å². The number of hydrogen-bond donors (Lipinski definition) is 0. The molecule has 1 aromatic carbocycles. The first-order valence-corrected chi connectivity index (χ1v) is 5.60. The molecule has 1 heterocycles. The lowest BCUT2D eigenvalue weighted by Gasteiger charge is -2.24. The number of nitrogens with zero attached hydrogens (tertiary/aromatic N) is 1. The Hall–Kier alpha value is -1.31. The fourth-order valence-corrected chi connectivity index (χ4v) is 3.09. The number of likely N-dealkylation sites (tertiary alicyclic amines) is 1. The average Bonchev–Trinajstić information content (AvgIpc) is 2.57. The minimum atomic E-state index is 0.232. The van der Waals surface area contributed by atoms with E-state index >= 15 is 0 Å². The van der Waals surface area contributed by atoms with E-state index in [1.807, 2.05) is 4.90 Å². The molecule has 1 saturated heterocycles. The van der Waals surface area contributed by atoms with Crippen molar-refractivity contribution in [3.63, 3.8) is 0 Å². The zero-order valence-electron chi connectivity index (χ0n) is 8.94. The van der Waals surface area contributed by atoms with E-state index in [2.05, 4.69) is 24.3 Å². The van der Waals surface area contributed by atoms with Gasteiger partial charge in [0.15, 0.2) is 0 Å². The molecule has 1 aromatic rings. The third kappa shape index (κ3) is 1.28. The molecule has 1 amide bonds. The first-order valence-electron chi connectivity index (χ1n) is 5.60. The molecule has 1 aliphatic heterocycles. The van der Waals surface area contributed by atoms with Gasteiger partial charge < -0.3 is 4.90 Å². The van der Waals surface area contributed by atoms with E-state index in [1.54, 1.807) is 6.92 Å². The minimum Gasteiger partial charge on any atom is -0.339 e. The van der Waals surface area contributed by atoms with E-state index in [-0.39, 0.29) is 5.91 Å². The van der Waals surface area contributed by atoms with Gasteiger partial charge in [0.2, 0.25) is 5.91 Å². The van der Waals surface area contributed by atoms with Crippen molar-refractivity contribution in [1.29, 1.82) is 0 Å². The summed E-state index contributed by atoms with van der Waals surface area (Å²) >= 11 is 0. The van der Waals surface area contributed by atoms with Crippen molar-refractivity contribution < 1.29 is 4.79 Å². The molecule has 2 heteroatoms. The van der Waals surface area contributed by atoms with Gasteiger partial charge in [0.05, 0.1) is 0 Å². The summed E-state index contributed by atoms with van der Waals surface area (Å²) in [6.45, 7) is 2.61. The van der Waals surface area contributed by atoms with Crippen LogP contribution in [0.5, 0.6) is 0 Å². The van der Waals surface area contributed by atoms with Crippen molar-refractivity contribution in [2.24, 2.45) is 0 Å². The maximum absolute atomic E-state index is 11.5. The molecule has 0 radical (unpaired) electrons. The van der Waals surface area contributed by atoms with Crippen LogP contribution >= 0.6 is 0 Å². The molecule has 0 aromatic heterocycles. The van der Waals surface area contributed by atoms with Crippen molar-refractivity contribution >= 4 is 5.91 Å². The zero-order chi connectivity index (χ0) is 10.4. The second-order valence-corrected chi connectivity index (χ2v) is 4.66. The average molecular weight is 201 g/mol. The van der Waals surface area contributed by atoms with Crippen molar-refractivity contribution in [3.05, 3.63) is 35.4 Å². The largest absolute Gasteiger partial charge is 0.339 e. The summed E-state index contributed by atoms with van der Waals surface area (Å²) in [4.78, 5) is 13.5. The van der Waals surface area contributed by atoms with Gasteiger partial charge in [-0.15, -0.1) is 0 Å². The number of hydrogen-bond acceptors (Lipinski definition) is 1.